The number of nitrogens with one attached hydrogen (secondary N) is 1. The molecule has 1 aliphatic heterocycles. The Morgan fingerprint density at radius 1 is 1.15 bits per heavy atom. The molecule has 138 valence electrons. The molecular formula is C22H22ClN3O. The van der Waals surface area contributed by atoms with Crippen LogP contribution in [0, 0.1) is 0 Å². The molecule has 0 radical (unpaired) electrons. The zero-order valence-electron chi connectivity index (χ0n) is 15.1. The quantitative estimate of drug-likeness (QED) is 0.669. The molecule has 1 aliphatic rings. The number of carbonyl (C=O) groups excluding carboxylic acids is 1. The molecule has 4 nitrogen and oxygen atoms in total. The van der Waals surface area contributed by atoms with Gasteiger partial charge in [0.1, 0.15) is 5.82 Å². The smallest absolute Gasteiger partial charge is 0.224 e. The molecule has 1 N–H and O–H groups in total. The van der Waals surface area contributed by atoms with E-state index >= 15 is 0 Å². The van der Waals surface area contributed by atoms with Gasteiger partial charge in [-0.1, -0.05) is 41.9 Å². The van der Waals surface area contributed by atoms with Crippen LogP contribution in [0.4, 0.5) is 5.69 Å². The fraction of sp³-hybridized carbons (Fsp3) is 0.273. The Hall–Kier alpha value is -2.59. The molecule has 0 spiro atoms. The van der Waals surface area contributed by atoms with Crippen molar-refractivity contribution in [2.75, 3.05) is 5.32 Å². The summed E-state index contributed by atoms with van der Waals surface area (Å²) in [7, 11) is 0. The van der Waals surface area contributed by atoms with Crippen molar-refractivity contribution in [1.29, 1.82) is 0 Å². The third-order valence-electron chi connectivity index (χ3n) is 4.93. The molecule has 4 rings (SSSR count). The number of aromatic nitrogens is 2. The third-order valence-corrected chi connectivity index (χ3v) is 5.30. The minimum Gasteiger partial charge on any atom is -0.334 e. The first kappa shape index (κ1) is 17.8. The number of carbonyl (C=O) groups is 1. The average molecular weight is 380 g/mol. The summed E-state index contributed by atoms with van der Waals surface area (Å²) in [6.45, 7) is 1.04. The number of fused-ring (bicyclic) bond motifs is 1. The second kappa shape index (κ2) is 7.97. The van der Waals surface area contributed by atoms with E-state index in [2.05, 4.69) is 16.1 Å². The van der Waals surface area contributed by atoms with Gasteiger partial charge in [-0.05, 0) is 43.0 Å². The SMILES string of the molecule is O=C(CCc1ccccc1Cl)Nc1cccc(-c2cn3c(n2)CCCC3)c1. The van der Waals surface area contributed by atoms with Crippen LogP contribution >= 0.6 is 11.6 Å². The molecular weight excluding hydrogens is 358 g/mol. The number of benzene rings is 2. The zero-order valence-corrected chi connectivity index (χ0v) is 15.9. The number of hydrogen-bond donors (Lipinski definition) is 1. The monoisotopic (exact) mass is 379 g/mol. The molecule has 2 aromatic carbocycles. The van der Waals surface area contributed by atoms with Crippen molar-refractivity contribution in [3.8, 4) is 11.3 Å². The van der Waals surface area contributed by atoms with Gasteiger partial charge >= 0.3 is 0 Å². The van der Waals surface area contributed by atoms with Crippen LogP contribution in [-0.4, -0.2) is 15.5 Å². The second-order valence-corrected chi connectivity index (χ2v) is 7.32. The number of aryl methyl sites for hydroxylation is 3. The van der Waals surface area contributed by atoms with Crippen LogP contribution in [-0.2, 0) is 24.2 Å². The number of imidazole rings is 1. The zero-order chi connectivity index (χ0) is 18.6. The molecule has 1 aromatic heterocycles. The number of hydrogen-bond acceptors (Lipinski definition) is 2. The Kier molecular flexibility index (Phi) is 5.26. The van der Waals surface area contributed by atoms with E-state index in [0.717, 1.165) is 41.3 Å². The highest BCUT2D eigenvalue weighted by atomic mass is 35.5. The van der Waals surface area contributed by atoms with Gasteiger partial charge in [0.25, 0.3) is 0 Å². The summed E-state index contributed by atoms with van der Waals surface area (Å²) in [5, 5.41) is 3.69. The van der Waals surface area contributed by atoms with Gasteiger partial charge in [0, 0.05) is 41.9 Å². The number of anilines is 1. The van der Waals surface area contributed by atoms with E-state index in [1.165, 1.54) is 12.8 Å². The van der Waals surface area contributed by atoms with E-state index in [9.17, 15) is 4.79 Å². The molecule has 5 heteroatoms. The van der Waals surface area contributed by atoms with Crippen LogP contribution in [0.5, 0.6) is 0 Å². The largest absolute Gasteiger partial charge is 0.334 e. The van der Waals surface area contributed by atoms with Gasteiger partial charge in [-0.15, -0.1) is 0 Å². The number of nitrogens with zero attached hydrogens (tertiary/aromatic N) is 2. The first-order chi connectivity index (χ1) is 13.2. The fourth-order valence-electron chi connectivity index (χ4n) is 3.48. The first-order valence-electron chi connectivity index (χ1n) is 9.39. The van der Waals surface area contributed by atoms with Crippen molar-refractivity contribution < 1.29 is 4.79 Å². The first-order valence-corrected chi connectivity index (χ1v) is 9.76. The topological polar surface area (TPSA) is 46.9 Å². The lowest BCUT2D eigenvalue weighted by Crippen LogP contribution is -2.12. The summed E-state index contributed by atoms with van der Waals surface area (Å²) in [5.41, 5.74) is 3.79. The number of amides is 1. The lowest BCUT2D eigenvalue weighted by atomic mass is 10.1. The molecule has 3 aromatic rings. The van der Waals surface area contributed by atoms with Gasteiger partial charge in [-0.2, -0.15) is 0 Å². The van der Waals surface area contributed by atoms with Gasteiger partial charge in [0.2, 0.25) is 5.91 Å². The van der Waals surface area contributed by atoms with Gasteiger partial charge in [-0.3, -0.25) is 4.79 Å². The van der Waals surface area contributed by atoms with Gasteiger partial charge in [-0.25, -0.2) is 4.98 Å². The van der Waals surface area contributed by atoms with E-state index in [0.29, 0.717) is 17.9 Å². The summed E-state index contributed by atoms with van der Waals surface area (Å²) in [4.78, 5) is 17.1. The van der Waals surface area contributed by atoms with Crippen molar-refractivity contribution >= 4 is 23.2 Å². The van der Waals surface area contributed by atoms with E-state index in [4.69, 9.17) is 16.6 Å². The van der Waals surface area contributed by atoms with Crippen molar-refractivity contribution in [3.63, 3.8) is 0 Å². The van der Waals surface area contributed by atoms with Crippen molar-refractivity contribution in [3.05, 3.63) is 71.1 Å². The maximum Gasteiger partial charge on any atom is 0.224 e. The second-order valence-electron chi connectivity index (χ2n) is 6.91. The normalized spacial score (nSPS) is 13.2. The lowest BCUT2D eigenvalue weighted by Gasteiger charge is -2.11. The molecule has 27 heavy (non-hydrogen) atoms. The van der Waals surface area contributed by atoms with Crippen LogP contribution in [0.2, 0.25) is 5.02 Å². The molecule has 1 amide bonds. The molecule has 0 fully saturated rings. The van der Waals surface area contributed by atoms with Gasteiger partial charge in [0.15, 0.2) is 0 Å². The number of rotatable bonds is 5. The minimum atomic E-state index is -0.0174. The van der Waals surface area contributed by atoms with Crippen LogP contribution < -0.4 is 5.32 Å². The van der Waals surface area contributed by atoms with Gasteiger partial charge in [0.05, 0.1) is 5.69 Å². The molecule has 0 bridgehead atoms. The van der Waals surface area contributed by atoms with E-state index in [1.54, 1.807) is 0 Å². The standard InChI is InChI=1S/C22H22ClN3O/c23-19-9-2-1-6-16(19)11-12-22(27)24-18-8-5-7-17(14-18)20-15-26-13-4-3-10-21(26)25-20/h1-2,5-9,14-15H,3-4,10-13H2,(H,24,27). The number of halogens is 1. The van der Waals surface area contributed by atoms with Crippen molar-refractivity contribution in [2.24, 2.45) is 0 Å². The molecule has 0 saturated heterocycles. The van der Waals surface area contributed by atoms with Crippen molar-refractivity contribution in [1.82, 2.24) is 9.55 Å². The summed E-state index contributed by atoms with van der Waals surface area (Å²) < 4.78 is 2.24. The van der Waals surface area contributed by atoms with E-state index in [1.807, 2.05) is 48.5 Å². The Morgan fingerprint density at radius 3 is 2.89 bits per heavy atom. The summed E-state index contributed by atoms with van der Waals surface area (Å²) >= 11 is 6.16. The summed E-state index contributed by atoms with van der Waals surface area (Å²) in [6.07, 6.45) is 6.60. The molecule has 2 heterocycles. The highest BCUT2D eigenvalue weighted by molar-refractivity contribution is 6.31. The maximum atomic E-state index is 12.3. The Bertz CT molecular complexity index is 940. The predicted octanol–water partition coefficient (Wildman–Crippen LogP) is 5.11. The van der Waals surface area contributed by atoms with Crippen molar-refractivity contribution in [2.45, 2.75) is 38.6 Å². The Balaban J connectivity index is 1.42. The molecule has 0 unspecified atom stereocenters. The predicted molar refractivity (Wildman–Crippen MR) is 109 cm³/mol. The molecule has 0 aliphatic carbocycles. The van der Waals surface area contributed by atoms with Crippen LogP contribution in [0.25, 0.3) is 11.3 Å². The van der Waals surface area contributed by atoms with E-state index in [-0.39, 0.29) is 5.91 Å². The fourth-order valence-corrected chi connectivity index (χ4v) is 3.71. The van der Waals surface area contributed by atoms with E-state index < -0.39 is 0 Å². The average Bonchev–Trinajstić information content (AvgIpc) is 3.12. The Morgan fingerprint density at radius 2 is 2.04 bits per heavy atom. The molecule has 0 saturated carbocycles. The third kappa shape index (κ3) is 4.22. The summed E-state index contributed by atoms with van der Waals surface area (Å²) in [5.74, 6) is 1.14. The van der Waals surface area contributed by atoms with Crippen LogP contribution in [0.1, 0.15) is 30.7 Å². The minimum absolute atomic E-state index is 0.0174. The van der Waals surface area contributed by atoms with Crippen LogP contribution in [0.15, 0.2) is 54.7 Å². The maximum absolute atomic E-state index is 12.3. The summed E-state index contributed by atoms with van der Waals surface area (Å²) in [6, 6.07) is 15.5. The highest BCUT2D eigenvalue weighted by Crippen LogP contribution is 2.25. The highest BCUT2D eigenvalue weighted by Gasteiger charge is 2.13. The van der Waals surface area contributed by atoms with Crippen LogP contribution in [0.3, 0.4) is 0 Å². The lowest BCUT2D eigenvalue weighted by molar-refractivity contribution is -0.116. The molecule has 0 atom stereocenters. The van der Waals surface area contributed by atoms with Gasteiger partial charge < -0.3 is 9.88 Å². The Labute approximate surface area is 164 Å².